The van der Waals surface area contributed by atoms with E-state index in [1.54, 1.807) is 7.11 Å². The first-order valence-electron chi connectivity index (χ1n) is 8.40. The van der Waals surface area contributed by atoms with E-state index < -0.39 is 0 Å². The molecule has 1 heterocycles. The van der Waals surface area contributed by atoms with Crippen LogP contribution in [0.4, 0.5) is 0 Å². The molecule has 5 heteroatoms. The van der Waals surface area contributed by atoms with E-state index in [1.165, 1.54) is 0 Å². The molecule has 134 valence electrons. The molecule has 0 N–H and O–H groups in total. The first kappa shape index (κ1) is 19.4. The van der Waals surface area contributed by atoms with Crippen molar-refractivity contribution in [3.05, 3.63) is 72.0 Å². The Morgan fingerprint density at radius 1 is 0.885 bits per heavy atom. The smallest absolute Gasteiger partial charge is 0.209 e. The quantitative estimate of drug-likeness (QED) is 0.363. The molecule has 0 saturated heterocycles. The Morgan fingerprint density at radius 2 is 1.42 bits per heavy atom. The van der Waals surface area contributed by atoms with Gasteiger partial charge in [-0.3, -0.25) is 4.79 Å². The number of benzene rings is 2. The maximum atomic E-state index is 13.0. The van der Waals surface area contributed by atoms with Crippen molar-refractivity contribution in [2.75, 3.05) is 7.11 Å². The summed E-state index contributed by atoms with van der Waals surface area (Å²) in [6.45, 7) is 3.00. The van der Waals surface area contributed by atoms with E-state index in [2.05, 4.69) is 68.8 Å². The molecule has 0 aliphatic heterocycles. The Bertz CT molecular complexity index is 964. The first-order valence-corrected chi connectivity index (χ1v) is 10.6. The lowest BCUT2D eigenvalue weighted by Crippen LogP contribution is -2.21. The third-order valence-corrected chi connectivity index (χ3v) is 6.21. The SMILES string of the molecule is CCCn1c(-c2ccccc2)c(I)c(=O)c(I)c1-c1ccc(OC)cc1. The Labute approximate surface area is 180 Å². The second kappa shape index (κ2) is 8.56. The van der Waals surface area contributed by atoms with Crippen LogP contribution < -0.4 is 10.2 Å². The fraction of sp³-hybridized carbons (Fsp3) is 0.190. The third kappa shape index (κ3) is 3.69. The van der Waals surface area contributed by atoms with E-state index >= 15 is 0 Å². The van der Waals surface area contributed by atoms with Gasteiger partial charge in [0.1, 0.15) is 5.75 Å². The molecule has 0 saturated carbocycles. The molecule has 0 atom stereocenters. The summed E-state index contributed by atoms with van der Waals surface area (Å²) in [4.78, 5) is 13.0. The number of ether oxygens (including phenoxy) is 1. The second-order valence-corrected chi connectivity index (χ2v) is 8.06. The molecule has 0 radical (unpaired) electrons. The van der Waals surface area contributed by atoms with Crippen molar-refractivity contribution in [1.29, 1.82) is 0 Å². The molecule has 0 fully saturated rings. The Hall–Kier alpha value is -1.35. The van der Waals surface area contributed by atoms with E-state index in [9.17, 15) is 4.79 Å². The highest BCUT2D eigenvalue weighted by Gasteiger charge is 2.20. The third-order valence-electron chi connectivity index (χ3n) is 4.21. The van der Waals surface area contributed by atoms with E-state index in [0.29, 0.717) is 0 Å². The number of pyridine rings is 1. The van der Waals surface area contributed by atoms with Crippen LogP contribution in [0.1, 0.15) is 13.3 Å². The molecule has 1 aromatic heterocycles. The number of aromatic nitrogens is 1. The van der Waals surface area contributed by atoms with Gasteiger partial charge in [0.2, 0.25) is 5.43 Å². The van der Waals surface area contributed by atoms with Crippen LogP contribution in [-0.4, -0.2) is 11.7 Å². The van der Waals surface area contributed by atoms with Crippen LogP contribution in [0, 0.1) is 7.14 Å². The van der Waals surface area contributed by atoms with E-state index in [0.717, 1.165) is 48.4 Å². The highest BCUT2D eigenvalue weighted by molar-refractivity contribution is 14.1. The van der Waals surface area contributed by atoms with Crippen LogP contribution >= 0.6 is 45.2 Å². The van der Waals surface area contributed by atoms with Crippen LogP contribution in [0.25, 0.3) is 22.5 Å². The van der Waals surface area contributed by atoms with Gasteiger partial charge in [0.05, 0.1) is 25.6 Å². The van der Waals surface area contributed by atoms with Crippen molar-refractivity contribution in [2.24, 2.45) is 0 Å². The molecule has 0 spiro atoms. The summed E-state index contributed by atoms with van der Waals surface area (Å²) in [5.74, 6) is 0.807. The summed E-state index contributed by atoms with van der Waals surface area (Å²) >= 11 is 4.37. The molecule has 0 aliphatic rings. The molecule has 3 aromatic rings. The van der Waals surface area contributed by atoms with Crippen LogP contribution in [-0.2, 0) is 6.54 Å². The van der Waals surface area contributed by atoms with Crippen molar-refractivity contribution >= 4 is 45.2 Å². The maximum Gasteiger partial charge on any atom is 0.209 e. The number of halogens is 2. The standard InChI is InChI=1S/C21H19I2NO2/c1-3-13-24-19(14-7-5-4-6-8-14)17(22)21(25)18(23)20(24)15-9-11-16(26-2)12-10-15/h4-12H,3,13H2,1-2H3. The Morgan fingerprint density at radius 3 is 1.92 bits per heavy atom. The highest BCUT2D eigenvalue weighted by atomic mass is 127. The first-order chi connectivity index (χ1) is 12.6. The molecule has 0 bridgehead atoms. The predicted molar refractivity (Wildman–Crippen MR) is 124 cm³/mol. The number of methoxy groups -OCH3 is 1. The van der Waals surface area contributed by atoms with Gasteiger partial charge in [-0.05, 0) is 87.0 Å². The van der Waals surface area contributed by atoms with Gasteiger partial charge in [0, 0.05) is 6.54 Å². The van der Waals surface area contributed by atoms with Crippen molar-refractivity contribution in [3.8, 4) is 28.3 Å². The predicted octanol–water partition coefficient (Wildman–Crippen LogP) is 5.81. The van der Waals surface area contributed by atoms with Crippen molar-refractivity contribution in [2.45, 2.75) is 19.9 Å². The average molecular weight is 571 g/mol. The van der Waals surface area contributed by atoms with Crippen molar-refractivity contribution < 1.29 is 4.74 Å². The zero-order valence-corrected chi connectivity index (χ0v) is 18.9. The van der Waals surface area contributed by atoms with E-state index in [1.807, 2.05) is 42.5 Å². The highest BCUT2D eigenvalue weighted by Crippen LogP contribution is 2.33. The van der Waals surface area contributed by atoms with Crippen LogP contribution in [0.15, 0.2) is 59.4 Å². The Balaban J connectivity index is 2.35. The normalized spacial score (nSPS) is 10.8. The molecule has 3 nitrogen and oxygen atoms in total. The fourth-order valence-electron chi connectivity index (χ4n) is 3.02. The van der Waals surface area contributed by atoms with Gasteiger partial charge in [0.15, 0.2) is 0 Å². The average Bonchev–Trinajstić information content (AvgIpc) is 2.68. The number of hydrogen-bond donors (Lipinski definition) is 0. The Kier molecular flexibility index (Phi) is 6.39. The zero-order chi connectivity index (χ0) is 18.7. The lowest BCUT2D eigenvalue weighted by molar-refractivity contribution is 0.415. The second-order valence-electron chi connectivity index (χ2n) is 5.90. The lowest BCUT2D eigenvalue weighted by Gasteiger charge is -2.22. The summed E-state index contributed by atoms with van der Waals surface area (Å²) in [5, 5.41) is 0. The van der Waals surface area contributed by atoms with Gasteiger partial charge in [-0.2, -0.15) is 0 Å². The molecule has 0 aliphatic carbocycles. The van der Waals surface area contributed by atoms with E-state index in [4.69, 9.17) is 4.74 Å². The largest absolute Gasteiger partial charge is 0.497 e. The minimum Gasteiger partial charge on any atom is -0.497 e. The number of rotatable bonds is 5. The van der Waals surface area contributed by atoms with Gasteiger partial charge in [0.25, 0.3) is 0 Å². The molecule has 0 amide bonds. The fourth-order valence-corrected chi connectivity index (χ4v) is 5.28. The van der Waals surface area contributed by atoms with Gasteiger partial charge in [-0.1, -0.05) is 37.3 Å². The maximum absolute atomic E-state index is 13.0. The summed E-state index contributed by atoms with van der Waals surface area (Å²) < 4.78 is 9.08. The van der Waals surface area contributed by atoms with E-state index in [-0.39, 0.29) is 5.43 Å². The van der Waals surface area contributed by atoms with Crippen molar-refractivity contribution in [1.82, 2.24) is 4.57 Å². The van der Waals surface area contributed by atoms with Crippen molar-refractivity contribution in [3.63, 3.8) is 0 Å². The number of hydrogen-bond acceptors (Lipinski definition) is 2. The van der Waals surface area contributed by atoms with Crippen LogP contribution in [0.2, 0.25) is 0 Å². The monoisotopic (exact) mass is 571 g/mol. The molecule has 0 unspecified atom stereocenters. The minimum atomic E-state index is 0.0863. The lowest BCUT2D eigenvalue weighted by atomic mass is 10.1. The zero-order valence-electron chi connectivity index (χ0n) is 14.6. The van der Waals surface area contributed by atoms with Gasteiger partial charge < -0.3 is 9.30 Å². The van der Waals surface area contributed by atoms with Gasteiger partial charge in [-0.15, -0.1) is 0 Å². The van der Waals surface area contributed by atoms with Gasteiger partial charge >= 0.3 is 0 Å². The van der Waals surface area contributed by atoms with Crippen LogP contribution in [0.5, 0.6) is 5.75 Å². The van der Waals surface area contributed by atoms with Gasteiger partial charge in [-0.25, -0.2) is 0 Å². The molecular weight excluding hydrogens is 552 g/mol. The molecular formula is C21H19I2NO2. The number of nitrogens with zero attached hydrogens (tertiary/aromatic N) is 1. The molecule has 3 rings (SSSR count). The molecule has 2 aromatic carbocycles. The summed E-state index contributed by atoms with van der Waals surface area (Å²) in [7, 11) is 1.66. The van der Waals surface area contributed by atoms with Crippen LogP contribution in [0.3, 0.4) is 0 Å². The summed E-state index contributed by atoms with van der Waals surface area (Å²) in [6, 6.07) is 18.1. The molecule has 26 heavy (non-hydrogen) atoms. The summed E-state index contributed by atoms with van der Waals surface area (Å²) in [6.07, 6.45) is 0.984. The topological polar surface area (TPSA) is 31.2 Å². The minimum absolute atomic E-state index is 0.0863. The summed E-state index contributed by atoms with van der Waals surface area (Å²) in [5.41, 5.74) is 4.13.